The van der Waals surface area contributed by atoms with Gasteiger partial charge >= 0.3 is 11.8 Å². The average molecular weight is 489 g/mol. The molecule has 1 aromatic heterocycles. The highest BCUT2D eigenvalue weighted by Gasteiger charge is 2.16. The number of nitrogens with zero attached hydrogens (tertiary/aromatic N) is 2. The number of halogens is 2. The van der Waals surface area contributed by atoms with Crippen molar-refractivity contribution in [2.24, 2.45) is 5.10 Å². The molecule has 0 aliphatic carbocycles. The van der Waals surface area contributed by atoms with Gasteiger partial charge in [0.05, 0.1) is 36.2 Å². The summed E-state index contributed by atoms with van der Waals surface area (Å²) in [4.78, 5) is 24.4. The molecule has 2 aromatic carbocycles. The van der Waals surface area contributed by atoms with Gasteiger partial charge in [0, 0.05) is 28.7 Å². The number of hydrogen-bond acceptors (Lipinski definition) is 5. The van der Waals surface area contributed by atoms with E-state index in [0.717, 1.165) is 22.6 Å². The molecule has 0 saturated carbocycles. The standard InChI is InChI=1S/C23H22Cl2N4O4/c1-13-9-15(14(2)29(13)16-5-7-18(24)19(25)10-16)12-26-28-23(31)22(30)27-20-8-6-17(32-3)11-21(20)33-4/h5-12H,1-4H3,(H,27,30)(H,28,31)/b26-12-. The first-order valence-electron chi connectivity index (χ1n) is 9.76. The number of nitrogens with one attached hydrogen (secondary N) is 2. The summed E-state index contributed by atoms with van der Waals surface area (Å²) < 4.78 is 12.3. The number of methoxy groups -OCH3 is 2. The smallest absolute Gasteiger partial charge is 0.329 e. The Labute approximate surface area is 201 Å². The largest absolute Gasteiger partial charge is 0.497 e. The summed E-state index contributed by atoms with van der Waals surface area (Å²) in [7, 11) is 2.96. The van der Waals surface area contributed by atoms with E-state index in [0.29, 0.717) is 27.2 Å². The Bertz CT molecular complexity index is 1240. The quantitative estimate of drug-likeness (QED) is 0.303. The fraction of sp³-hybridized carbons (Fsp3) is 0.174. The van der Waals surface area contributed by atoms with Crippen LogP contribution in [0.2, 0.25) is 10.0 Å². The van der Waals surface area contributed by atoms with Crippen molar-refractivity contribution in [3.63, 3.8) is 0 Å². The van der Waals surface area contributed by atoms with E-state index in [2.05, 4.69) is 15.8 Å². The number of carbonyl (C=O) groups is 2. The number of ether oxygens (including phenoxy) is 2. The SMILES string of the molecule is COc1ccc(NC(=O)C(=O)N/N=C\c2cc(C)n(-c3ccc(Cl)c(Cl)c3)c2C)c(OC)c1. The van der Waals surface area contributed by atoms with Crippen molar-refractivity contribution >= 4 is 46.9 Å². The third kappa shape index (κ3) is 5.47. The van der Waals surface area contributed by atoms with Crippen LogP contribution >= 0.6 is 23.2 Å². The number of aromatic nitrogens is 1. The molecule has 1 heterocycles. The van der Waals surface area contributed by atoms with Crippen LogP contribution in [-0.4, -0.2) is 36.8 Å². The maximum Gasteiger partial charge on any atom is 0.329 e. The Kier molecular flexibility index (Phi) is 7.63. The maximum atomic E-state index is 12.2. The van der Waals surface area contributed by atoms with Gasteiger partial charge < -0.3 is 19.4 Å². The molecule has 0 atom stereocenters. The van der Waals surface area contributed by atoms with Crippen LogP contribution in [0.5, 0.6) is 11.5 Å². The summed E-state index contributed by atoms with van der Waals surface area (Å²) >= 11 is 12.2. The van der Waals surface area contributed by atoms with Crippen molar-refractivity contribution in [2.75, 3.05) is 19.5 Å². The van der Waals surface area contributed by atoms with E-state index >= 15 is 0 Å². The van der Waals surface area contributed by atoms with Crippen LogP contribution in [-0.2, 0) is 9.59 Å². The molecule has 0 bridgehead atoms. The molecule has 0 aliphatic rings. The third-order valence-electron chi connectivity index (χ3n) is 4.86. The Hall–Kier alpha value is -3.49. The zero-order chi connectivity index (χ0) is 24.1. The summed E-state index contributed by atoms with van der Waals surface area (Å²) in [5.41, 5.74) is 5.96. The number of rotatable bonds is 6. The second-order valence-electron chi connectivity index (χ2n) is 6.98. The molecule has 10 heteroatoms. The maximum absolute atomic E-state index is 12.2. The summed E-state index contributed by atoms with van der Waals surface area (Å²) in [5.74, 6) is -0.912. The second-order valence-corrected chi connectivity index (χ2v) is 7.79. The van der Waals surface area contributed by atoms with E-state index in [1.807, 2.05) is 30.5 Å². The predicted octanol–water partition coefficient (Wildman–Crippen LogP) is 4.51. The van der Waals surface area contributed by atoms with Crippen LogP contribution < -0.4 is 20.2 Å². The normalized spacial score (nSPS) is 10.8. The number of anilines is 1. The van der Waals surface area contributed by atoms with Gasteiger partial charge in [-0.15, -0.1) is 0 Å². The highest BCUT2D eigenvalue weighted by molar-refractivity contribution is 6.42. The molecule has 0 unspecified atom stereocenters. The van der Waals surface area contributed by atoms with Crippen LogP contribution in [0.4, 0.5) is 5.69 Å². The number of hydrogen-bond donors (Lipinski definition) is 2. The van der Waals surface area contributed by atoms with Gasteiger partial charge in [0.1, 0.15) is 11.5 Å². The Morgan fingerprint density at radius 1 is 0.970 bits per heavy atom. The molecular formula is C23H22Cl2N4O4. The molecule has 0 aliphatic heterocycles. The summed E-state index contributed by atoms with van der Waals surface area (Å²) in [6.07, 6.45) is 1.47. The average Bonchev–Trinajstić information content (AvgIpc) is 3.08. The fourth-order valence-electron chi connectivity index (χ4n) is 3.23. The lowest BCUT2D eigenvalue weighted by molar-refractivity contribution is -0.136. The minimum absolute atomic E-state index is 0.326. The molecule has 2 N–H and O–H groups in total. The van der Waals surface area contributed by atoms with Gasteiger partial charge in [-0.2, -0.15) is 5.10 Å². The molecule has 3 rings (SSSR count). The van der Waals surface area contributed by atoms with Gasteiger partial charge in [-0.3, -0.25) is 9.59 Å². The molecule has 3 aromatic rings. The van der Waals surface area contributed by atoms with Crippen molar-refractivity contribution < 1.29 is 19.1 Å². The van der Waals surface area contributed by atoms with Gasteiger partial charge in [-0.05, 0) is 50.2 Å². The first-order valence-corrected chi connectivity index (χ1v) is 10.5. The minimum atomic E-state index is -0.928. The van der Waals surface area contributed by atoms with Gasteiger partial charge in [0.2, 0.25) is 0 Å². The van der Waals surface area contributed by atoms with Crippen molar-refractivity contribution in [3.8, 4) is 17.2 Å². The van der Waals surface area contributed by atoms with E-state index in [-0.39, 0.29) is 0 Å². The van der Waals surface area contributed by atoms with Crippen LogP contribution in [0.25, 0.3) is 5.69 Å². The van der Waals surface area contributed by atoms with Gasteiger partial charge in [0.25, 0.3) is 0 Å². The van der Waals surface area contributed by atoms with E-state index in [1.165, 1.54) is 20.4 Å². The number of benzene rings is 2. The van der Waals surface area contributed by atoms with E-state index in [1.54, 1.807) is 30.3 Å². The highest BCUT2D eigenvalue weighted by atomic mass is 35.5. The number of hydrazone groups is 1. The van der Waals surface area contributed by atoms with E-state index < -0.39 is 11.8 Å². The van der Waals surface area contributed by atoms with E-state index in [4.69, 9.17) is 32.7 Å². The first-order chi connectivity index (χ1) is 15.7. The fourth-order valence-corrected chi connectivity index (χ4v) is 3.52. The molecule has 33 heavy (non-hydrogen) atoms. The lowest BCUT2D eigenvalue weighted by Gasteiger charge is -2.11. The van der Waals surface area contributed by atoms with Gasteiger partial charge in [-0.25, -0.2) is 5.43 Å². The Morgan fingerprint density at radius 2 is 1.73 bits per heavy atom. The number of carbonyl (C=O) groups excluding carboxylic acids is 2. The molecule has 0 radical (unpaired) electrons. The molecule has 0 fully saturated rings. The molecule has 0 spiro atoms. The van der Waals surface area contributed by atoms with Gasteiger partial charge in [0.15, 0.2) is 0 Å². The molecule has 8 nitrogen and oxygen atoms in total. The van der Waals surface area contributed by atoms with Crippen molar-refractivity contribution in [3.05, 3.63) is 69.5 Å². The predicted molar refractivity (Wildman–Crippen MR) is 129 cm³/mol. The van der Waals surface area contributed by atoms with Crippen LogP contribution in [0, 0.1) is 13.8 Å². The zero-order valence-electron chi connectivity index (χ0n) is 18.4. The molecule has 172 valence electrons. The summed E-state index contributed by atoms with van der Waals surface area (Å²) in [6, 6.07) is 12.1. The number of amides is 2. The second kappa shape index (κ2) is 10.4. The third-order valence-corrected chi connectivity index (χ3v) is 5.60. The lowest BCUT2D eigenvalue weighted by Crippen LogP contribution is -2.32. The molecule has 0 saturated heterocycles. The van der Waals surface area contributed by atoms with Crippen molar-refractivity contribution in [1.29, 1.82) is 0 Å². The lowest BCUT2D eigenvalue weighted by atomic mass is 10.2. The first kappa shape index (κ1) is 24.2. The zero-order valence-corrected chi connectivity index (χ0v) is 19.9. The van der Waals surface area contributed by atoms with Crippen LogP contribution in [0.15, 0.2) is 47.6 Å². The monoisotopic (exact) mass is 488 g/mol. The topological polar surface area (TPSA) is 94.0 Å². The number of aryl methyl sites for hydroxylation is 1. The van der Waals surface area contributed by atoms with Crippen LogP contribution in [0.1, 0.15) is 17.0 Å². The van der Waals surface area contributed by atoms with Crippen LogP contribution in [0.3, 0.4) is 0 Å². The molecular weight excluding hydrogens is 467 g/mol. The summed E-state index contributed by atoms with van der Waals surface area (Å²) in [6.45, 7) is 3.84. The van der Waals surface area contributed by atoms with Crippen molar-refractivity contribution in [2.45, 2.75) is 13.8 Å². The molecule has 2 amide bonds. The Balaban J connectivity index is 1.69. The Morgan fingerprint density at radius 3 is 2.39 bits per heavy atom. The highest BCUT2D eigenvalue weighted by Crippen LogP contribution is 2.29. The summed E-state index contributed by atoms with van der Waals surface area (Å²) in [5, 5.41) is 7.32. The van der Waals surface area contributed by atoms with Gasteiger partial charge in [-0.1, -0.05) is 23.2 Å². The van der Waals surface area contributed by atoms with Crippen molar-refractivity contribution in [1.82, 2.24) is 9.99 Å². The van der Waals surface area contributed by atoms with E-state index in [9.17, 15) is 9.59 Å². The minimum Gasteiger partial charge on any atom is -0.497 e.